The van der Waals surface area contributed by atoms with Crippen LogP contribution in [-0.2, 0) is 30.8 Å². The summed E-state index contributed by atoms with van der Waals surface area (Å²) in [6, 6.07) is 11.4. The lowest BCUT2D eigenvalue weighted by molar-refractivity contribution is -0.139. The second kappa shape index (κ2) is 11.9. The van der Waals surface area contributed by atoms with Crippen LogP contribution in [0.4, 0.5) is 0 Å². The third kappa shape index (κ3) is 6.41. The number of ether oxygens (including phenoxy) is 4. The van der Waals surface area contributed by atoms with Crippen molar-refractivity contribution in [1.82, 2.24) is 14.9 Å². The molecule has 2 N–H and O–H groups in total. The van der Waals surface area contributed by atoms with Gasteiger partial charge in [-0.1, -0.05) is 6.07 Å². The van der Waals surface area contributed by atoms with Gasteiger partial charge in [0.2, 0.25) is 10.0 Å². The number of methoxy groups -OCH3 is 3. The highest BCUT2D eigenvalue weighted by molar-refractivity contribution is 7.89. The Kier molecular flexibility index (Phi) is 8.90. The summed E-state index contributed by atoms with van der Waals surface area (Å²) in [5.41, 5.74) is 0.891. The van der Waals surface area contributed by atoms with E-state index in [1.54, 1.807) is 31.4 Å². The van der Waals surface area contributed by atoms with E-state index >= 15 is 0 Å². The molecule has 2 aromatic rings. The zero-order chi connectivity index (χ0) is 25.4. The van der Waals surface area contributed by atoms with Crippen molar-refractivity contribution in [1.29, 1.82) is 0 Å². The fourth-order valence-corrected chi connectivity index (χ4v) is 5.03. The standard InChI is InChI=1S/C23H29N3O8S/c1-31-17-5-7-18(8-6-17)35(29,30)26-12-13-34-21(26)15-25-23(28)22(27)24-11-10-16-4-9-19(32-2)20(14-16)33-3/h4-9,14,21H,10-13,15H2,1-3H3,(H,24,27)(H,25,28)/t21-/m0/s1. The smallest absolute Gasteiger partial charge is 0.309 e. The molecule has 3 rings (SSSR count). The number of rotatable bonds is 10. The first kappa shape index (κ1) is 26.3. The van der Waals surface area contributed by atoms with Crippen molar-refractivity contribution in [3.8, 4) is 17.2 Å². The van der Waals surface area contributed by atoms with Crippen molar-refractivity contribution >= 4 is 21.8 Å². The molecular formula is C23H29N3O8S. The highest BCUT2D eigenvalue weighted by Crippen LogP contribution is 2.27. The predicted octanol–water partition coefficient (Wildman–Crippen LogP) is 0.535. The van der Waals surface area contributed by atoms with Crippen molar-refractivity contribution in [2.75, 3.05) is 47.6 Å². The number of carbonyl (C=O) groups excluding carboxylic acids is 2. The Morgan fingerprint density at radius 3 is 2.31 bits per heavy atom. The molecule has 190 valence electrons. The minimum Gasteiger partial charge on any atom is -0.497 e. The quantitative estimate of drug-likeness (QED) is 0.445. The molecule has 0 radical (unpaired) electrons. The molecule has 11 nitrogen and oxygen atoms in total. The van der Waals surface area contributed by atoms with E-state index in [9.17, 15) is 18.0 Å². The van der Waals surface area contributed by atoms with Gasteiger partial charge in [0.25, 0.3) is 0 Å². The first-order chi connectivity index (χ1) is 16.8. The minimum atomic E-state index is -3.85. The van der Waals surface area contributed by atoms with Gasteiger partial charge in [-0.15, -0.1) is 0 Å². The topological polar surface area (TPSA) is 132 Å². The van der Waals surface area contributed by atoms with Crippen LogP contribution in [0, 0.1) is 0 Å². The second-order valence-corrected chi connectivity index (χ2v) is 9.41. The normalized spacial score (nSPS) is 15.9. The van der Waals surface area contributed by atoms with E-state index in [2.05, 4.69) is 10.6 Å². The Bertz CT molecular complexity index is 1140. The number of sulfonamides is 1. The number of hydrogen-bond acceptors (Lipinski definition) is 8. The summed E-state index contributed by atoms with van der Waals surface area (Å²) in [5, 5.41) is 4.98. The van der Waals surface area contributed by atoms with E-state index in [0.29, 0.717) is 23.7 Å². The molecule has 35 heavy (non-hydrogen) atoms. The van der Waals surface area contributed by atoms with Gasteiger partial charge in [0.05, 0.1) is 39.4 Å². The van der Waals surface area contributed by atoms with E-state index in [0.717, 1.165) is 9.87 Å². The van der Waals surface area contributed by atoms with Crippen molar-refractivity contribution in [3.63, 3.8) is 0 Å². The van der Waals surface area contributed by atoms with Gasteiger partial charge in [0.1, 0.15) is 12.0 Å². The minimum absolute atomic E-state index is 0.0769. The molecule has 2 aromatic carbocycles. The molecule has 0 spiro atoms. The molecule has 12 heteroatoms. The van der Waals surface area contributed by atoms with Crippen molar-refractivity contribution < 1.29 is 37.0 Å². The molecule has 0 bridgehead atoms. The summed E-state index contributed by atoms with van der Waals surface area (Å²) in [7, 11) is 0.709. The summed E-state index contributed by atoms with van der Waals surface area (Å²) in [4.78, 5) is 24.5. The fraction of sp³-hybridized carbons (Fsp3) is 0.391. The van der Waals surface area contributed by atoms with Crippen LogP contribution < -0.4 is 24.8 Å². The molecule has 0 unspecified atom stereocenters. The van der Waals surface area contributed by atoms with E-state index in [4.69, 9.17) is 18.9 Å². The van der Waals surface area contributed by atoms with Gasteiger partial charge in [-0.25, -0.2) is 8.42 Å². The molecule has 0 aromatic heterocycles. The van der Waals surface area contributed by atoms with Gasteiger partial charge in [-0.05, 0) is 48.4 Å². The first-order valence-corrected chi connectivity index (χ1v) is 12.3. The van der Waals surface area contributed by atoms with Crippen LogP contribution in [0.3, 0.4) is 0 Å². The maximum absolute atomic E-state index is 13.0. The average molecular weight is 508 g/mol. The molecule has 1 aliphatic rings. The zero-order valence-corrected chi connectivity index (χ0v) is 20.6. The van der Waals surface area contributed by atoms with E-state index in [-0.39, 0.29) is 31.1 Å². The van der Waals surface area contributed by atoms with Crippen LogP contribution in [0.5, 0.6) is 17.2 Å². The van der Waals surface area contributed by atoms with Gasteiger partial charge in [0.15, 0.2) is 11.5 Å². The first-order valence-electron chi connectivity index (χ1n) is 10.8. The summed E-state index contributed by atoms with van der Waals surface area (Å²) < 4.78 is 48.1. The van der Waals surface area contributed by atoms with Crippen LogP contribution in [-0.4, -0.2) is 78.3 Å². The summed E-state index contributed by atoms with van der Waals surface area (Å²) >= 11 is 0. The molecule has 1 aliphatic heterocycles. The van der Waals surface area contributed by atoms with Crippen LogP contribution in [0.1, 0.15) is 5.56 Å². The molecule has 1 fully saturated rings. The Morgan fingerprint density at radius 2 is 1.66 bits per heavy atom. The predicted molar refractivity (Wildman–Crippen MR) is 126 cm³/mol. The van der Waals surface area contributed by atoms with Gasteiger partial charge in [0, 0.05) is 13.1 Å². The summed E-state index contributed by atoms with van der Waals surface area (Å²) in [6.45, 7) is 0.358. The van der Waals surface area contributed by atoms with Crippen molar-refractivity contribution in [3.05, 3.63) is 48.0 Å². The SMILES string of the molecule is COc1ccc(S(=O)(=O)N2CCO[C@H]2CNC(=O)C(=O)NCCc2ccc(OC)c(OC)c2)cc1. The van der Waals surface area contributed by atoms with Crippen molar-refractivity contribution in [2.24, 2.45) is 0 Å². The lowest BCUT2D eigenvalue weighted by Crippen LogP contribution is -2.47. The largest absolute Gasteiger partial charge is 0.497 e. The number of nitrogens with zero attached hydrogens (tertiary/aromatic N) is 1. The Hall–Kier alpha value is -3.35. The molecule has 0 aliphatic carbocycles. The molecule has 2 amide bonds. The van der Waals surface area contributed by atoms with Crippen LogP contribution in [0.25, 0.3) is 0 Å². The number of hydrogen-bond donors (Lipinski definition) is 2. The Morgan fingerprint density at radius 1 is 0.971 bits per heavy atom. The number of carbonyl (C=O) groups is 2. The van der Waals surface area contributed by atoms with Crippen LogP contribution in [0.15, 0.2) is 47.4 Å². The van der Waals surface area contributed by atoms with Crippen LogP contribution in [0.2, 0.25) is 0 Å². The zero-order valence-electron chi connectivity index (χ0n) is 19.8. The van der Waals surface area contributed by atoms with Crippen LogP contribution >= 0.6 is 0 Å². The van der Waals surface area contributed by atoms with Gasteiger partial charge in [-0.2, -0.15) is 4.31 Å². The molecular weight excluding hydrogens is 478 g/mol. The highest BCUT2D eigenvalue weighted by Gasteiger charge is 2.36. The summed E-state index contributed by atoms with van der Waals surface area (Å²) in [5.74, 6) is -0.0122. The lowest BCUT2D eigenvalue weighted by atomic mass is 10.1. The van der Waals surface area contributed by atoms with Gasteiger partial charge in [-0.3, -0.25) is 9.59 Å². The maximum atomic E-state index is 13.0. The Labute approximate surface area is 204 Å². The van der Waals surface area contributed by atoms with Gasteiger partial charge < -0.3 is 29.6 Å². The monoisotopic (exact) mass is 507 g/mol. The number of amides is 2. The molecule has 1 heterocycles. The van der Waals surface area contributed by atoms with E-state index in [1.807, 2.05) is 6.07 Å². The fourth-order valence-electron chi connectivity index (χ4n) is 3.52. The number of nitrogens with one attached hydrogen (secondary N) is 2. The average Bonchev–Trinajstić information content (AvgIpc) is 3.36. The molecule has 1 saturated heterocycles. The van der Waals surface area contributed by atoms with E-state index in [1.165, 1.54) is 26.4 Å². The summed E-state index contributed by atoms with van der Waals surface area (Å²) in [6.07, 6.45) is -0.454. The second-order valence-electron chi connectivity index (χ2n) is 7.52. The third-order valence-corrected chi connectivity index (χ3v) is 7.30. The maximum Gasteiger partial charge on any atom is 0.309 e. The van der Waals surface area contributed by atoms with Crippen molar-refractivity contribution in [2.45, 2.75) is 17.5 Å². The van der Waals surface area contributed by atoms with Gasteiger partial charge >= 0.3 is 11.8 Å². The Balaban J connectivity index is 1.50. The highest BCUT2D eigenvalue weighted by atomic mass is 32.2. The number of benzene rings is 2. The lowest BCUT2D eigenvalue weighted by Gasteiger charge is -2.23. The third-order valence-electron chi connectivity index (χ3n) is 5.40. The molecule has 0 saturated carbocycles. The van der Waals surface area contributed by atoms with E-state index < -0.39 is 28.1 Å². The molecule has 1 atom stereocenters.